The van der Waals surface area contributed by atoms with E-state index in [0.29, 0.717) is 11.1 Å². The maximum Gasteiger partial charge on any atom is 0.338 e. The Morgan fingerprint density at radius 2 is 1.72 bits per heavy atom. The Morgan fingerprint density at radius 1 is 1.17 bits per heavy atom. The molecule has 0 saturated heterocycles. The first-order valence-corrected chi connectivity index (χ1v) is 5.52. The maximum atomic E-state index is 11.7. The molecule has 0 amide bonds. The number of benzene rings is 1. The van der Waals surface area contributed by atoms with E-state index in [4.69, 9.17) is 9.84 Å². The van der Waals surface area contributed by atoms with E-state index in [-0.39, 0.29) is 0 Å². The van der Waals surface area contributed by atoms with Gasteiger partial charge in [0, 0.05) is 6.08 Å². The minimum absolute atomic E-state index is 0.392. The first-order valence-electron chi connectivity index (χ1n) is 5.52. The third kappa shape index (κ3) is 4.82. The van der Waals surface area contributed by atoms with E-state index < -0.39 is 17.5 Å². The molecule has 0 aliphatic rings. The molecule has 0 spiro atoms. The Morgan fingerprint density at radius 3 is 2.17 bits per heavy atom. The van der Waals surface area contributed by atoms with Crippen LogP contribution in [0.1, 0.15) is 36.7 Å². The molecule has 0 unspecified atom stereocenters. The van der Waals surface area contributed by atoms with Gasteiger partial charge in [0.05, 0.1) is 5.56 Å². The summed E-state index contributed by atoms with van der Waals surface area (Å²) in [6.07, 6.45) is 2.50. The molecule has 0 fully saturated rings. The lowest BCUT2D eigenvalue weighted by Crippen LogP contribution is -2.23. The predicted octanol–water partition coefficient (Wildman–Crippen LogP) is 2.74. The molecule has 0 aliphatic heterocycles. The van der Waals surface area contributed by atoms with Crippen LogP contribution in [0.3, 0.4) is 0 Å². The predicted molar refractivity (Wildman–Crippen MR) is 68.3 cm³/mol. The summed E-state index contributed by atoms with van der Waals surface area (Å²) in [5.74, 6) is -1.40. The van der Waals surface area contributed by atoms with Crippen LogP contribution in [0.4, 0.5) is 0 Å². The third-order valence-corrected chi connectivity index (χ3v) is 1.96. The van der Waals surface area contributed by atoms with E-state index in [1.54, 1.807) is 45.0 Å². The molecule has 4 heteroatoms. The number of hydrogen-bond donors (Lipinski definition) is 1. The fraction of sp³-hybridized carbons (Fsp3) is 0.286. The van der Waals surface area contributed by atoms with Crippen molar-refractivity contribution in [3.63, 3.8) is 0 Å². The SMILES string of the molecule is CC(C)(C)OC(=O)c1ccc(C=CC(=O)O)cc1. The molecule has 1 aromatic rings. The van der Waals surface area contributed by atoms with Crippen LogP contribution < -0.4 is 0 Å². The lowest BCUT2D eigenvalue weighted by atomic mass is 10.1. The Kier molecular flexibility index (Phi) is 4.26. The summed E-state index contributed by atoms with van der Waals surface area (Å²) in [7, 11) is 0. The Bertz CT molecular complexity index is 464. The Hall–Kier alpha value is -2.10. The van der Waals surface area contributed by atoms with Gasteiger partial charge in [-0.05, 0) is 44.5 Å². The third-order valence-electron chi connectivity index (χ3n) is 1.96. The molecule has 1 N–H and O–H groups in total. The van der Waals surface area contributed by atoms with Crippen LogP contribution in [0.15, 0.2) is 30.3 Å². The highest BCUT2D eigenvalue weighted by Crippen LogP contribution is 2.13. The number of carbonyl (C=O) groups excluding carboxylic acids is 1. The molecule has 96 valence electrons. The van der Waals surface area contributed by atoms with Crippen LogP contribution >= 0.6 is 0 Å². The molecule has 18 heavy (non-hydrogen) atoms. The number of hydrogen-bond acceptors (Lipinski definition) is 3. The van der Waals surface area contributed by atoms with E-state index in [2.05, 4.69) is 0 Å². The zero-order chi connectivity index (χ0) is 13.8. The highest BCUT2D eigenvalue weighted by atomic mass is 16.6. The minimum atomic E-state index is -1.01. The molecule has 0 aromatic heterocycles. The first kappa shape index (κ1) is 14.0. The Balaban J connectivity index is 2.77. The lowest BCUT2D eigenvalue weighted by Gasteiger charge is -2.19. The van der Waals surface area contributed by atoms with Crippen molar-refractivity contribution in [3.8, 4) is 0 Å². The quantitative estimate of drug-likeness (QED) is 0.660. The second-order valence-corrected chi connectivity index (χ2v) is 4.80. The highest BCUT2D eigenvalue weighted by Gasteiger charge is 2.17. The average Bonchev–Trinajstić information content (AvgIpc) is 2.24. The summed E-state index contributed by atoms with van der Waals surface area (Å²) in [5, 5.41) is 8.48. The summed E-state index contributed by atoms with van der Waals surface area (Å²) in [4.78, 5) is 22.0. The summed E-state index contributed by atoms with van der Waals surface area (Å²) < 4.78 is 5.21. The van der Waals surface area contributed by atoms with Gasteiger partial charge in [-0.15, -0.1) is 0 Å². The van der Waals surface area contributed by atoms with E-state index >= 15 is 0 Å². The van der Waals surface area contributed by atoms with E-state index in [0.717, 1.165) is 6.08 Å². The second kappa shape index (κ2) is 5.49. The van der Waals surface area contributed by atoms with Gasteiger partial charge in [-0.3, -0.25) is 0 Å². The van der Waals surface area contributed by atoms with Crippen molar-refractivity contribution in [2.24, 2.45) is 0 Å². The van der Waals surface area contributed by atoms with Gasteiger partial charge in [-0.1, -0.05) is 12.1 Å². The van der Waals surface area contributed by atoms with Gasteiger partial charge in [-0.25, -0.2) is 9.59 Å². The zero-order valence-electron chi connectivity index (χ0n) is 10.6. The number of ether oxygens (including phenoxy) is 1. The van der Waals surface area contributed by atoms with Crippen molar-refractivity contribution in [1.82, 2.24) is 0 Å². The van der Waals surface area contributed by atoms with Crippen LogP contribution in [-0.2, 0) is 9.53 Å². The van der Waals surface area contributed by atoms with Gasteiger partial charge >= 0.3 is 11.9 Å². The lowest BCUT2D eigenvalue weighted by molar-refractivity contribution is -0.131. The average molecular weight is 248 g/mol. The molecular weight excluding hydrogens is 232 g/mol. The molecule has 1 aromatic carbocycles. The van der Waals surface area contributed by atoms with Crippen molar-refractivity contribution in [3.05, 3.63) is 41.5 Å². The molecule has 0 saturated carbocycles. The number of carboxylic acids is 1. The van der Waals surface area contributed by atoms with Crippen LogP contribution in [0, 0.1) is 0 Å². The summed E-state index contributed by atoms with van der Waals surface area (Å²) in [6.45, 7) is 5.40. The molecular formula is C14H16O4. The highest BCUT2D eigenvalue weighted by molar-refractivity contribution is 5.90. The molecule has 0 bridgehead atoms. The van der Waals surface area contributed by atoms with Gasteiger partial charge in [0.25, 0.3) is 0 Å². The summed E-state index contributed by atoms with van der Waals surface area (Å²) in [5.41, 5.74) is 0.626. The minimum Gasteiger partial charge on any atom is -0.478 e. The van der Waals surface area contributed by atoms with Crippen molar-refractivity contribution >= 4 is 18.0 Å². The van der Waals surface area contributed by atoms with Gasteiger partial charge in [0.1, 0.15) is 5.60 Å². The Labute approximate surface area is 106 Å². The standard InChI is InChI=1S/C14H16O4/c1-14(2,3)18-13(17)11-7-4-10(5-8-11)6-9-12(15)16/h4-9H,1-3H3,(H,15,16). The van der Waals surface area contributed by atoms with Crippen LogP contribution in [0.25, 0.3) is 6.08 Å². The summed E-state index contributed by atoms with van der Waals surface area (Å²) >= 11 is 0. The first-order chi connectivity index (χ1) is 8.28. The maximum absolute atomic E-state index is 11.7. The fourth-order valence-corrected chi connectivity index (χ4v) is 1.23. The summed E-state index contributed by atoms with van der Waals surface area (Å²) in [6, 6.07) is 6.54. The molecule has 0 atom stereocenters. The van der Waals surface area contributed by atoms with Gasteiger partial charge in [-0.2, -0.15) is 0 Å². The smallest absolute Gasteiger partial charge is 0.338 e. The fourth-order valence-electron chi connectivity index (χ4n) is 1.23. The largest absolute Gasteiger partial charge is 0.478 e. The topological polar surface area (TPSA) is 63.6 Å². The number of aliphatic carboxylic acids is 1. The zero-order valence-corrected chi connectivity index (χ0v) is 10.6. The molecule has 4 nitrogen and oxygen atoms in total. The van der Waals surface area contributed by atoms with E-state index in [1.807, 2.05) is 0 Å². The van der Waals surface area contributed by atoms with E-state index in [1.165, 1.54) is 6.08 Å². The molecule has 0 aliphatic carbocycles. The normalized spacial score (nSPS) is 11.5. The van der Waals surface area contributed by atoms with Gasteiger partial charge in [0.15, 0.2) is 0 Å². The van der Waals surface area contributed by atoms with Gasteiger partial charge in [0.2, 0.25) is 0 Å². The number of rotatable bonds is 3. The van der Waals surface area contributed by atoms with Crippen LogP contribution in [0.5, 0.6) is 0 Å². The van der Waals surface area contributed by atoms with Crippen molar-refractivity contribution in [2.75, 3.05) is 0 Å². The number of esters is 1. The van der Waals surface area contributed by atoms with Crippen molar-refractivity contribution in [2.45, 2.75) is 26.4 Å². The second-order valence-electron chi connectivity index (χ2n) is 4.80. The van der Waals surface area contributed by atoms with Crippen molar-refractivity contribution in [1.29, 1.82) is 0 Å². The van der Waals surface area contributed by atoms with Gasteiger partial charge < -0.3 is 9.84 Å². The molecule has 1 rings (SSSR count). The van der Waals surface area contributed by atoms with E-state index in [9.17, 15) is 9.59 Å². The molecule has 0 heterocycles. The number of carboxylic acid groups (broad SMARTS) is 1. The number of carbonyl (C=O) groups is 2. The van der Waals surface area contributed by atoms with Crippen molar-refractivity contribution < 1.29 is 19.4 Å². The van der Waals surface area contributed by atoms with Crippen LogP contribution in [0.2, 0.25) is 0 Å². The van der Waals surface area contributed by atoms with Crippen LogP contribution in [-0.4, -0.2) is 22.6 Å². The molecule has 0 radical (unpaired) electrons. The monoisotopic (exact) mass is 248 g/mol.